The third-order valence-electron chi connectivity index (χ3n) is 2.89. The summed E-state index contributed by atoms with van der Waals surface area (Å²) < 4.78 is 27.1. The zero-order valence-electron chi connectivity index (χ0n) is 10.4. The van der Waals surface area contributed by atoms with E-state index in [2.05, 4.69) is 15.0 Å². The highest BCUT2D eigenvalue weighted by Crippen LogP contribution is 2.26. The first-order valence-electron chi connectivity index (χ1n) is 5.86. The quantitative estimate of drug-likeness (QED) is 0.784. The van der Waals surface area contributed by atoms with E-state index in [-0.39, 0.29) is 22.2 Å². The van der Waals surface area contributed by atoms with Crippen LogP contribution in [0.5, 0.6) is 0 Å². The summed E-state index contributed by atoms with van der Waals surface area (Å²) in [6, 6.07) is 2.81. The van der Waals surface area contributed by atoms with E-state index < -0.39 is 17.6 Å². The number of carbonyl (C=O) groups is 1. The molecule has 0 amide bonds. The number of aromatic nitrogens is 3. The maximum atomic E-state index is 13.9. The Morgan fingerprint density at radius 1 is 1.10 bits per heavy atom. The van der Waals surface area contributed by atoms with Gasteiger partial charge < -0.3 is 5.11 Å². The minimum Gasteiger partial charge on any atom is -0.478 e. The van der Waals surface area contributed by atoms with Gasteiger partial charge in [-0.1, -0.05) is 0 Å². The van der Waals surface area contributed by atoms with Gasteiger partial charge in [-0.3, -0.25) is 9.97 Å². The molecule has 0 atom stereocenters. The lowest BCUT2D eigenvalue weighted by molar-refractivity contribution is 0.0699. The Balaban J connectivity index is 2.38. The van der Waals surface area contributed by atoms with Crippen LogP contribution in [-0.2, 0) is 0 Å². The van der Waals surface area contributed by atoms with Gasteiger partial charge in [0.05, 0.1) is 17.5 Å². The first kappa shape index (κ1) is 13.0. The van der Waals surface area contributed by atoms with Crippen molar-refractivity contribution < 1.29 is 18.7 Å². The van der Waals surface area contributed by atoms with Crippen LogP contribution in [0.25, 0.3) is 22.3 Å². The molecule has 0 spiro atoms. The molecule has 0 aliphatic carbocycles. The molecule has 0 fully saturated rings. The fourth-order valence-corrected chi connectivity index (χ4v) is 1.99. The number of benzene rings is 1. The van der Waals surface area contributed by atoms with Crippen LogP contribution in [-0.4, -0.2) is 26.0 Å². The molecule has 0 aliphatic rings. The predicted octanol–water partition coefficient (Wildman–Crippen LogP) is 2.67. The highest BCUT2D eigenvalue weighted by molar-refractivity contribution is 6.03. The predicted molar refractivity (Wildman–Crippen MR) is 69.6 cm³/mol. The van der Waals surface area contributed by atoms with Gasteiger partial charge in [0.25, 0.3) is 0 Å². The van der Waals surface area contributed by atoms with Crippen LogP contribution in [0, 0.1) is 11.6 Å². The topological polar surface area (TPSA) is 76.0 Å². The monoisotopic (exact) mass is 287 g/mol. The van der Waals surface area contributed by atoms with Crippen LogP contribution in [0.1, 0.15) is 10.4 Å². The number of hydrogen-bond acceptors (Lipinski definition) is 4. The number of aromatic carboxylic acids is 1. The Kier molecular flexibility index (Phi) is 3.02. The lowest BCUT2D eigenvalue weighted by Gasteiger charge is -2.07. The summed E-state index contributed by atoms with van der Waals surface area (Å²) in [5.74, 6) is -3.10. The molecule has 0 saturated carbocycles. The average molecular weight is 287 g/mol. The van der Waals surface area contributed by atoms with Crippen LogP contribution < -0.4 is 0 Å². The van der Waals surface area contributed by atoms with Crippen molar-refractivity contribution in [1.29, 1.82) is 0 Å². The minimum atomic E-state index is -1.31. The van der Waals surface area contributed by atoms with Gasteiger partial charge in [-0.15, -0.1) is 0 Å². The Labute approximate surface area is 116 Å². The molecule has 0 aliphatic heterocycles. The molecule has 2 aromatic heterocycles. The van der Waals surface area contributed by atoms with Gasteiger partial charge in [-0.2, -0.15) is 0 Å². The van der Waals surface area contributed by atoms with E-state index in [0.717, 1.165) is 6.07 Å². The van der Waals surface area contributed by atoms with Crippen molar-refractivity contribution in [2.24, 2.45) is 0 Å². The summed E-state index contributed by atoms with van der Waals surface area (Å²) in [5.41, 5.74) is -0.0276. The van der Waals surface area contributed by atoms with Crippen molar-refractivity contribution in [3.8, 4) is 11.4 Å². The summed E-state index contributed by atoms with van der Waals surface area (Å²) in [7, 11) is 0. The molecule has 3 rings (SSSR count). The molecule has 7 heteroatoms. The largest absolute Gasteiger partial charge is 0.478 e. The van der Waals surface area contributed by atoms with Crippen molar-refractivity contribution in [2.45, 2.75) is 0 Å². The number of halogens is 2. The summed E-state index contributed by atoms with van der Waals surface area (Å²) in [6.45, 7) is 0. The molecule has 21 heavy (non-hydrogen) atoms. The molecular formula is C14H7F2N3O2. The average Bonchev–Trinajstić information content (AvgIpc) is 2.47. The Morgan fingerprint density at radius 2 is 1.90 bits per heavy atom. The standard InChI is InChI=1S/C14H7F2N3O2/c15-7-3-8-9(14(20)21)5-11(12-6-17-1-2-18-12)19-13(8)10(16)4-7/h1-6H,(H,20,21). The summed E-state index contributed by atoms with van der Waals surface area (Å²) in [6.07, 6.45) is 4.22. The van der Waals surface area contributed by atoms with Crippen LogP contribution >= 0.6 is 0 Å². The zero-order valence-corrected chi connectivity index (χ0v) is 10.4. The Hall–Kier alpha value is -2.96. The summed E-state index contributed by atoms with van der Waals surface area (Å²) in [4.78, 5) is 23.2. The van der Waals surface area contributed by atoms with E-state index >= 15 is 0 Å². The van der Waals surface area contributed by atoms with E-state index in [1.807, 2.05) is 0 Å². The maximum Gasteiger partial charge on any atom is 0.336 e. The van der Waals surface area contributed by atoms with Gasteiger partial charge in [0.2, 0.25) is 0 Å². The van der Waals surface area contributed by atoms with E-state index in [9.17, 15) is 18.7 Å². The third kappa shape index (κ3) is 2.29. The van der Waals surface area contributed by atoms with Crippen LogP contribution in [0.4, 0.5) is 8.78 Å². The van der Waals surface area contributed by atoms with Gasteiger partial charge in [-0.05, 0) is 12.1 Å². The van der Waals surface area contributed by atoms with Crippen molar-refractivity contribution >= 4 is 16.9 Å². The number of carboxylic acids is 1. The van der Waals surface area contributed by atoms with E-state index in [4.69, 9.17) is 0 Å². The van der Waals surface area contributed by atoms with E-state index in [1.54, 1.807) is 0 Å². The summed E-state index contributed by atoms with van der Waals surface area (Å²) >= 11 is 0. The molecule has 5 nitrogen and oxygen atoms in total. The maximum absolute atomic E-state index is 13.9. The molecule has 2 heterocycles. The Bertz CT molecular complexity index is 854. The number of rotatable bonds is 2. The highest BCUT2D eigenvalue weighted by Gasteiger charge is 2.17. The third-order valence-corrected chi connectivity index (χ3v) is 2.89. The molecule has 0 radical (unpaired) electrons. The van der Waals surface area contributed by atoms with Gasteiger partial charge in [0, 0.05) is 23.8 Å². The first-order valence-corrected chi connectivity index (χ1v) is 5.86. The fourth-order valence-electron chi connectivity index (χ4n) is 1.99. The number of pyridine rings is 1. The molecule has 1 aromatic carbocycles. The van der Waals surface area contributed by atoms with Crippen LogP contribution in [0.3, 0.4) is 0 Å². The van der Waals surface area contributed by atoms with E-state index in [1.165, 1.54) is 24.7 Å². The second-order valence-electron chi connectivity index (χ2n) is 4.23. The number of fused-ring (bicyclic) bond motifs is 1. The minimum absolute atomic E-state index is 0.104. The molecular weight excluding hydrogens is 280 g/mol. The van der Waals surface area contributed by atoms with Crippen molar-refractivity contribution in [3.05, 3.63) is 54.0 Å². The first-order chi connectivity index (χ1) is 10.1. The number of nitrogens with zero attached hydrogens (tertiary/aromatic N) is 3. The molecule has 0 unspecified atom stereocenters. The highest BCUT2D eigenvalue weighted by atomic mass is 19.1. The number of hydrogen-bond donors (Lipinski definition) is 1. The molecule has 104 valence electrons. The second kappa shape index (κ2) is 4.86. The van der Waals surface area contributed by atoms with Gasteiger partial charge >= 0.3 is 5.97 Å². The zero-order chi connectivity index (χ0) is 15.0. The fraction of sp³-hybridized carbons (Fsp3) is 0. The van der Waals surface area contributed by atoms with Crippen molar-refractivity contribution in [1.82, 2.24) is 15.0 Å². The lowest BCUT2D eigenvalue weighted by Crippen LogP contribution is -2.02. The second-order valence-corrected chi connectivity index (χ2v) is 4.23. The lowest BCUT2D eigenvalue weighted by atomic mass is 10.1. The van der Waals surface area contributed by atoms with E-state index in [0.29, 0.717) is 11.8 Å². The summed E-state index contributed by atoms with van der Waals surface area (Å²) in [5, 5.41) is 9.12. The Morgan fingerprint density at radius 3 is 2.57 bits per heavy atom. The van der Waals surface area contributed by atoms with Crippen molar-refractivity contribution in [2.75, 3.05) is 0 Å². The van der Waals surface area contributed by atoms with Crippen LogP contribution in [0.15, 0.2) is 36.8 Å². The van der Waals surface area contributed by atoms with Gasteiger partial charge in [0.1, 0.15) is 17.0 Å². The van der Waals surface area contributed by atoms with Gasteiger partial charge in [0.15, 0.2) is 5.82 Å². The molecule has 0 bridgehead atoms. The molecule has 1 N–H and O–H groups in total. The molecule has 0 saturated heterocycles. The smallest absolute Gasteiger partial charge is 0.336 e. The molecule has 3 aromatic rings. The normalized spacial score (nSPS) is 10.8. The van der Waals surface area contributed by atoms with Gasteiger partial charge in [-0.25, -0.2) is 18.6 Å². The number of carboxylic acid groups (broad SMARTS) is 1. The SMILES string of the molecule is O=C(O)c1cc(-c2cnccn2)nc2c(F)cc(F)cc12. The van der Waals surface area contributed by atoms with Crippen molar-refractivity contribution in [3.63, 3.8) is 0 Å². The van der Waals surface area contributed by atoms with Crippen LogP contribution in [0.2, 0.25) is 0 Å².